The molecule has 1 atom stereocenters. The zero-order chi connectivity index (χ0) is 17.0. The van der Waals surface area contributed by atoms with Crippen LogP contribution in [0.4, 0.5) is 4.39 Å². The third-order valence-corrected chi connectivity index (χ3v) is 5.37. The number of likely N-dealkylation sites (tertiary alicyclic amines) is 1. The van der Waals surface area contributed by atoms with Gasteiger partial charge in [0.05, 0.1) is 17.1 Å². The van der Waals surface area contributed by atoms with E-state index in [9.17, 15) is 9.18 Å². The van der Waals surface area contributed by atoms with Gasteiger partial charge in [-0.05, 0) is 31.0 Å². The number of fused-ring (bicyclic) bond motifs is 2. The fourth-order valence-electron chi connectivity index (χ4n) is 3.43. The van der Waals surface area contributed by atoms with Crippen LogP contribution in [0.5, 0.6) is 0 Å². The van der Waals surface area contributed by atoms with Gasteiger partial charge >= 0.3 is 0 Å². The first-order chi connectivity index (χ1) is 12.2. The number of carbonyl (C=O) groups excluding carboxylic acids is 1. The lowest BCUT2D eigenvalue weighted by Gasteiger charge is -2.22. The summed E-state index contributed by atoms with van der Waals surface area (Å²) in [5.41, 5.74) is 1.80. The van der Waals surface area contributed by atoms with Crippen molar-refractivity contribution in [2.75, 3.05) is 6.54 Å². The summed E-state index contributed by atoms with van der Waals surface area (Å²) in [6.07, 6.45) is 5.39. The third-order valence-electron chi connectivity index (χ3n) is 4.60. The molecule has 3 aromatic heterocycles. The molecule has 1 aliphatic rings. The van der Waals surface area contributed by atoms with Gasteiger partial charge in [0.2, 0.25) is 0 Å². The van der Waals surface area contributed by atoms with Crippen LogP contribution >= 0.6 is 11.3 Å². The highest BCUT2D eigenvalue weighted by molar-refractivity contribution is 7.15. The van der Waals surface area contributed by atoms with Crippen LogP contribution in [0.15, 0.2) is 36.0 Å². The van der Waals surface area contributed by atoms with Crippen molar-refractivity contribution in [3.8, 4) is 0 Å². The van der Waals surface area contributed by atoms with Crippen LogP contribution in [0.25, 0.3) is 16.0 Å². The lowest BCUT2D eigenvalue weighted by atomic mass is 10.2. The highest BCUT2D eigenvalue weighted by Crippen LogP contribution is 2.32. The van der Waals surface area contributed by atoms with Crippen LogP contribution in [0, 0.1) is 5.82 Å². The van der Waals surface area contributed by atoms with Crippen LogP contribution in [0.3, 0.4) is 0 Å². The first kappa shape index (κ1) is 14.6. The molecule has 0 saturated carbocycles. The first-order valence-electron chi connectivity index (χ1n) is 8.07. The Labute approximate surface area is 145 Å². The monoisotopic (exact) mass is 355 g/mol. The molecule has 1 aromatic carbocycles. The second kappa shape index (κ2) is 5.38. The van der Waals surface area contributed by atoms with Crippen molar-refractivity contribution in [1.29, 1.82) is 0 Å². The molecule has 25 heavy (non-hydrogen) atoms. The minimum atomic E-state index is -0.305. The molecule has 0 bridgehead atoms. The van der Waals surface area contributed by atoms with Crippen molar-refractivity contribution >= 4 is 33.2 Å². The van der Waals surface area contributed by atoms with Gasteiger partial charge in [-0.15, -0.1) is 11.3 Å². The van der Waals surface area contributed by atoms with E-state index in [0.29, 0.717) is 29.1 Å². The number of hydrogen-bond acceptors (Lipinski definition) is 4. The number of nitrogens with one attached hydrogen (secondary N) is 1. The molecule has 0 spiro atoms. The zero-order valence-electron chi connectivity index (χ0n) is 13.1. The van der Waals surface area contributed by atoms with Crippen molar-refractivity contribution in [3.05, 3.63) is 53.3 Å². The summed E-state index contributed by atoms with van der Waals surface area (Å²) in [4.78, 5) is 27.7. The van der Waals surface area contributed by atoms with Crippen molar-refractivity contribution in [1.82, 2.24) is 24.3 Å². The number of hydrogen-bond donors (Lipinski definition) is 1. The van der Waals surface area contributed by atoms with E-state index in [-0.39, 0.29) is 17.8 Å². The number of carbonyl (C=O) groups is 1. The number of halogens is 1. The van der Waals surface area contributed by atoms with Gasteiger partial charge in [-0.25, -0.2) is 14.4 Å². The zero-order valence-corrected chi connectivity index (χ0v) is 14.0. The summed E-state index contributed by atoms with van der Waals surface area (Å²) in [6, 6.07) is 4.33. The van der Waals surface area contributed by atoms with Crippen LogP contribution in [-0.2, 0) is 0 Å². The topological polar surface area (TPSA) is 66.3 Å². The number of aromatic nitrogens is 4. The summed E-state index contributed by atoms with van der Waals surface area (Å²) >= 11 is 1.50. The average molecular weight is 355 g/mol. The van der Waals surface area contributed by atoms with E-state index in [4.69, 9.17) is 0 Å². The Balaban J connectivity index is 1.49. The Morgan fingerprint density at radius 1 is 1.36 bits per heavy atom. The van der Waals surface area contributed by atoms with E-state index in [2.05, 4.69) is 15.0 Å². The van der Waals surface area contributed by atoms with Crippen molar-refractivity contribution in [3.63, 3.8) is 0 Å². The van der Waals surface area contributed by atoms with Gasteiger partial charge in [0.25, 0.3) is 5.91 Å². The molecule has 6 nitrogen and oxygen atoms in total. The van der Waals surface area contributed by atoms with Gasteiger partial charge in [-0.2, -0.15) is 0 Å². The number of benzene rings is 1. The minimum absolute atomic E-state index is 0.0926. The molecule has 4 aromatic rings. The normalized spacial score (nSPS) is 17.8. The highest BCUT2D eigenvalue weighted by Gasteiger charge is 2.33. The molecule has 0 aliphatic carbocycles. The van der Waals surface area contributed by atoms with E-state index in [0.717, 1.165) is 17.8 Å². The lowest BCUT2D eigenvalue weighted by Crippen LogP contribution is -2.31. The molecule has 1 aliphatic heterocycles. The Bertz CT molecular complexity index is 1070. The smallest absolute Gasteiger partial charge is 0.274 e. The standard InChI is InChI=1S/C17H14FN5OS/c18-10-3-4-11-12(8-10)20-15(19-11)14-2-1-5-23(14)16(24)13-9-22-6-7-25-17(22)21-13/h3-4,6-9,14H,1-2,5H2,(H,19,20). The molecule has 1 N–H and O–H groups in total. The summed E-state index contributed by atoms with van der Waals surface area (Å²) in [6.45, 7) is 0.667. The Hall–Kier alpha value is -2.74. The van der Waals surface area contributed by atoms with Crippen LogP contribution in [0.2, 0.25) is 0 Å². The molecule has 1 amide bonds. The van der Waals surface area contributed by atoms with Gasteiger partial charge in [0.15, 0.2) is 4.96 Å². The molecule has 1 fully saturated rings. The lowest BCUT2D eigenvalue weighted by molar-refractivity contribution is 0.0725. The molecule has 1 unspecified atom stereocenters. The van der Waals surface area contributed by atoms with Gasteiger partial charge in [0, 0.05) is 24.3 Å². The van der Waals surface area contributed by atoms with Crippen molar-refractivity contribution in [2.45, 2.75) is 18.9 Å². The second-order valence-corrected chi connectivity index (χ2v) is 7.03. The average Bonchev–Trinajstić information content (AvgIpc) is 3.34. The van der Waals surface area contributed by atoms with Crippen LogP contribution in [0.1, 0.15) is 35.2 Å². The molecule has 0 radical (unpaired) electrons. The maximum atomic E-state index is 13.4. The number of thiazole rings is 1. The Kier molecular flexibility index (Phi) is 3.14. The largest absolute Gasteiger partial charge is 0.340 e. The number of aromatic amines is 1. The maximum absolute atomic E-state index is 13.4. The predicted molar refractivity (Wildman–Crippen MR) is 92.1 cm³/mol. The number of imidazole rings is 2. The Morgan fingerprint density at radius 3 is 3.16 bits per heavy atom. The van der Waals surface area contributed by atoms with Crippen LogP contribution in [-0.4, -0.2) is 36.7 Å². The van der Waals surface area contributed by atoms with Gasteiger partial charge in [0.1, 0.15) is 17.3 Å². The molecule has 1 saturated heterocycles. The quantitative estimate of drug-likeness (QED) is 0.599. The fraction of sp³-hybridized carbons (Fsp3) is 0.235. The van der Waals surface area contributed by atoms with E-state index in [1.54, 1.807) is 17.2 Å². The number of amides is 1. The minimum Gasteiger partial charge on any atom is -0.340 e. The van der Waals surface area contributed by atoms with Crippen molar-refractivity contribution < 1.29 is 9.18 Å². The summed E-state index contributed by atoms with van der Waals surface area (Å²) in [7, 11) is 0. The maximum Gasteiger partial charge on any atom is 0.274 e. The van der Waals surface area contributed by atoms with Crippen LogP contribution < -0.4 is 0 Å². The molecular weight excluding hydrogens is 341 g/mol. The molecule has 5 rings (SSSR count). The van der Waals surface area contributed by atoms with Crippen molar-refractivity contribution in [2.24, 2.45) is 0 Å². The number of H-pyrrole nitrogens is 1. The number of rotatable bonds is 2. The fourth-order valence-corrected chi connectivity index (χ4v) is 4.13. The van der Waals surface area contributed by atoms with E-state index in [1.165, 1.54) is 23.5 Å². The summed E-state index contributed by atoms with van der Waals surface area (Å²) in [5, 5.41) is 1.93. The second-order valence-electron chi connectivity index (χ2n) is 6.16. The van der Waals surface area contributed by atoms with E-state index >= 15 is 0 Å². The molecular formula is C17H14FN5OS. The SMILES string of the molecule is O=C(c1cn2ccsc2n1)N1CCCC1c1nc2ccc(F)cc2[nH]1. The third kappa shape index (κ3) is 2.32. The molecule has 4 heterocycles. The Morgan fingerprint density at radius 2 is 2.28 bits per heavy atom. The van der Waals surface area contributed by atoms with E-state index in [1.807, 2.05) is 16.0 Å². The predicted octanol–water partition coefficient (Wildman–Crippen LogP) is 3.39. The summed E-state index contributed by atoms with van der Waals surface area (Å²) < 4.78 is 15.3. The van der Waals surface area contributed by atoms with Gasteiger partial charge in [-0.3, -0.25) is 9.20 Å². The van der Waals surface area contributed by atoms with Gasteiger partial charge in [-0.1, -0.05) is 0 Å². The summed E-state index contributed by atoms with van der Waals surface area (Å²) in [5.74, 6) is 0.303. The first-order valence-corrected chi connectivity index (χ1v) is 8.95. The highest BCUT2D eigenvalue weighted by atomic mass is 32.1. The molecule has 126 valence electrons. The molecule has 8 heteroatoms. The van der Waals surface area contributed by atoms with E-state index < -0.39 is 0 Å². The van der Waals surface area contributed by atoms with Gasteiger partial charge < -0.3 is 9.88 Å². The number of nitrogens with zero attached hydrogens (tertiary/aromatic N) is 4.